The fraction of sp³-hybridized carbons (Fsp3) is 0.444. The number of hydrogen-bond acceptors (Lipinski definition) is 2. The Morgan fingerprint density at radius 1 is 1.45 bits per heavy atom. The number of hydrogen-bond donors (Lipinski definition) is 1. The number of allylic oxidation sites excluding steroid dienone is 1. The van der Waals surface area contributed by atoms with Crippen LogP contribution in [0.5, 0.6) is 0 Å². The number of rotatable bonds is 1. The zero-order valence-corrected chi connectivity index (χ0v) is 7.14. The number of ketones is 1. The second-order valence-corrected chi connectivity index (χ2v) is 2.62. The molecule has 0 unspecified atom stereocenters. The fourth-order valence-electron chi connectivity index (χ4n) is 0.346. The van der Waals surface area contributed by atoms with E-state index in [9.17, 15) is 4.79 Å². The van der Waals surface area contributed by atoms with Crippen LogP contribution in [0.3, 0.4) is 0 Å². The Kier molecular flexibility index (Phi) is 4.05. The minimum atomic E-state index is -0.0498. The lowest BCUT2D eigenvalue weighted by atomic mass is 10.1. The highest BCUT2D eigenvalue weighted by molar-refractivity contribution is 5.97. The van der Waals surface area contributed by atoms with Crippen LogP contribution in [0.4, 0.5) is 0 Å². The van der Waals surface area contributed by atoms with Gasteiger partial charge < -0.3 is 5.73 Å². The molecule has 2 N–H and O–H groups in total. The SMILES string of the molecule is C/C(C#CC(=O)C(C)C)=C\N. The van der Waals surface area contributed by atoms with Crippen LogP contribution in [0.2, 0.25) is 0 Å². The quantitative estimate of drug-likeness (QED) is 0.450. The van der Waals surface area contributed by atoms with E-state index in [-0.39, 0.29) is 11.7 Å². The van der Waals surface area contributed by atoms with Gasteiger partial charge >= 0.3 is 0 Å². The standard InChI is InChI=1S/C9H13NO/c1-7(2)9(11)5-4-8(3)6-10/h6-7H,10H2,1-3H3/b8-6+. The molecule has 60 valence electrons. The van der Waals surface area contributed by atoms with Gasteiger partial charge in [0.05, 0.1) is 0 Å². The van der Waals surface area contributed by atoms with Crippen molar-refractivity contribution in [3.8, 4) is 11.8 Å². The summed E-state index contributed by atoms with van der Waals surface area (Å²) in [5, 5.41) is 0. The first kappa shape index (κ1) is 9.77. The zero-order valence-electron chi connectivity index (χ0n) is 7.14. The summed E-state index contributed by atoms with van der Waals surface area (Å²) in [4.78, 5) is 10.9. The Labute approximate surface area is 67.5 Å². The first-order valence-corrected chi connectivity index (χ1v) is 3.52. The molecular weight excluding hydrogens is 138 g/mol. The summed E-state index contributed by atoms with van der Waals surface area (Å²) in [7, 11) is 0. The summed E-state index contributed by atoms with van der Waals surface area (Å²) >= 11 is 0. The maximum absolute atomic E-state index is 10.9. The van der Waals surface area contributed by atoms with Gasteiger partial charge in [-0.3, -0.25) is 4.79 Å². The van der Waals surface area contributed by atoms with E-state index in [4.69, 9.17) is 5.73 Å². The van der Waals surface area contributed by atoms with Crippen molar-refractivity contribution in [2.24, 2.45) is 11.7 Å². The van der Waals surface area contributed by atoms with Crippen LogP contribution in [0.15, 0.2) is 11.8 Å². The van der Waals surface area contributed by atoms with E-state index in [1.54, 1.807) is 6.92 Å². The summed E-state index contributed by atoms with van der Waals surface area (Å²) in [6.07, 6.45) is 1.39. The van der Waals surface area contributed by atoms with Crippen LogP contribution in [0.1, 0.15) is 20.8 Å². The third-order valence-corrected chi connectivity index (χ3v) is 1.16. The summed E-state index contributed by atoms with van der Waals surface area (Å²) in [5.74, 6) is 5.08. The predicted molar refractivity (Wildman–Crippen MR) is 45.6 cm³/mol. The maximum atomic E-state index is 10.9. The van der Waals surface area contributed by atoms with Crippen LogP contribution >= 0.6 is 0 Å². The van der Waals surface area contributed by atoms with Crippen molar-refractivity contribution in [2.75, 3.05) is 0 Å². The minimum Gasteiger partial charge on any atom is -0.404 e. The second-order valence-electron chi connectivity index (χ2n) is 2.62. The highest BCUT2D eigenvalue weighted by atomic mass is 16.1. The van der Waals surface area contributed by atoms with Gasteiger partial charge in [-0.15, -0.1) is 0 Å². The average Bonchev–Trinajstić information content (AvgIpc) is 1.99. The largest absolute Gasteiger partial charge is 0.404 e. The average molecular weight is 151 g/mol. The monoisotopic (exact) mass is 151 g/mol. The normalized spacial score (nSPS) is 10.7. The fourth-order valence-corrected chi connectivity index (χ4v) is 0.346. The molecule has 0 saturated carbocycles. The highest BCUT2D eigenvalue weighted by Crippen LogP contribution is 1.92. The van der Waals surface area contributed by atoms with Crippen molar-refractivity contribution in [1.29, 1.82) is 0 Å². The molecule has 0 rings (SSSR count). The van der Waals surface area contributed by atoms with Crippen LogP contribution in [-0.4, -0.2) is 5.78 Å². The Morgan fingerprint density at radius 2 is 2.00 bits per heavy atom. The lowest BCUT2D eigenvalue weighted by molar-refractivity contribution is -0.116. The summed E-state index contributed by atoms with van der Waals surface area (Å²) < 4.78 is 0. The van der Waals surface area contributed by atoms with E-state index in [1.165, 1.54) is 6.20 Å². The molecule has 0 aromatic rings. The van der Waals surface area contributed by atoms with Crippen molar-refractivity contribution in [3.63, 3.8) is 0 Å². The van der Waals surface area contributed by atoms with E-state index in [0.29, 0.717) is 0 Å². The highest BCUT2D eigenvalue weighted by Gasteiger charge is 2.00. The zero-order chi connectivity index (χ0) is 8.85. The molecule has 0 atom stereocenters. The van der Waals surface area contributed by atoms with E-state index >= 15 is 0 Å². The molecule has 11 heavy (non-hydrogen) atoms. The van der Waals surface area contributed by atoms with Gasteiger partial charge in [-0.2, -0.15) is 0 Å². The molecular formula is C9H13NO. The summed E-state index contributed by atoms with van der Waals surface area (Å²) in [6, 6.07) is 0. The smallest absolute Gasteiger partial charge is 0.208 e. The number of nitrogens with two attached hydrogens (primary N) is 1. The second kappa shape index (κ2) is 4.56. The number of Topliss-reactive ketones (excluding diaryl/α,β-unsaturated/α-hetero) is 1. The molecule has 0 radical (unpaired) electrons. The molecule has 2 nitrogen and oxygen atoms in total. The van der Waals surface area contributed by atoms with Gasteiger partial charge in [0.2, 0.25) is 5.78 Å². The molecule has 0 saturated heterocycles. The Morgan fingerprint density at radius 3 is 2.36 bits per heavy atom. The maximum Gasteiger partial charge on any atom is 0.208 e. The van der Waals surface area contributed by atoms with Crippen molar-refractivity contribution in [2.45, 2.75) is 20.8 Å². The van der Waals surface area contributed by atoms with Crippen LogP contribution in [0, 0.1) is 17.8 Å². The number of carbonyl (C=O) groups excluding carboxylic acids is 1. The van der Waals surface area contributed by atoms with E-state index in [2.05, 4.69) is 11.8 Å². The Balaban J connectivity index is 4.20. The predicted octanol–water partition coefficient (Wildman–Crippen LogP) is 1.08. The Hall–Kier alpha value is -1.23. The van der Waals surface area contributed by atoms with E-state index < -0.39 is 0 Å². The van der Waals surface area contributed by atoms with Crippen molar-refractivity contribution in [3.05, 3.63) is 11.8 Å². The third kappa shape index (κ3) is 4.21. The van der Waals surface area contributed by atoms with Crippen molar-refractivity contribution >= 4 is 5.78 Å². The molecule has 0 aromatic heterocycles. The summed E-state index contributed by atoms with van der Waals surface area (Å²) in [6.45, 7) is 5.40. The van der Waals surface area contributed by atoms with E-state index in [0.717, 1.165) is 5.57 Å². The first-order chi connectivity index (χ1) is 5.07. The van der Waals surface area contributed by atoms with E-state index in [1.807, 2.05) is 13.8 Å². The third-order valence-electron chi connectivity index (χ3n) is 1.16. The Bertz CT molecular complexity index is 228. The molecule has 0 heterocycles. The lowest BCUT2D eigenvalue weighted by Gasteiger charge is -1.92. The van der Waals surface area contributed by atoms with Gasteiger partial charge in [-0.05, 0) is 12.8 Å². The van der Waals surface area contributed by atoms with Crippen molar-refractivity contribution in [1.82, 2.24) is 0 Å². The van der Waals surface area contributed by atoms with Gasteiger partial charge in [0.25, 0.3) is 0 Å². The van der Waals surface area contributed by atoms with Crippen LogP contribution in [-0.2, 0) is 4.79 Å². The minimum absolute atomic E-state index is 0.0203. The molecule has 0 aliphatic rings. The topological polar surface area (TPSA) is 43.1 Å². The van der Waals surface area contributed by atoms with Crippen LogP contribution in [0.25, 0.3) is 0 Å². The molecule has 0 bridgehead atoms. The molecule has 0 amide bonds. The van der Waals surface area contributed by atoms with Gasteiger partial charge in [0.15, 0.2) is 0 Å². The van der Waals surface area contributed by atoms with Crippen LogP contribution < -0.4 is 5.73 Å². The number of carbonyl (C=O) groups is 1. The first-order valence-electron chi connectivity index (χ1n) is 3.52. The molecule has 2 heteroatoms. The van der Waals surface area contributed by atoms with Gasteiger partial charge in [-0.1, -0.05) is 19.8 Å². The van der Waals surface area contributed by atoms with Gasteiger partial charge in [-0.25, -0.2) is 0 Å². The summed E-state index contributed by atoms with van der Waals surface area (Å²) in [5.41, 5.74) is 5.88. The molecule has 0 spiro atoms. The van der Waals surface area contributed by atoms with Gasteiger partial charge in [0.1, 0.15) is 0 Å². The molecule has 0 aliphatic carbocycles. The van der Waals surface area contributed by atoms with Crippen molar-refractivity contribution < 1.29 is 4.79 Å². The molecule has 0 aromatic carbocycles. The van der Waals surface area contributed by atoms with Gasteiger partial charge in [0, 0.05) is 17.7 Å². The molecule has 0 aliphatic heterocycles. The molecule has 0 fully saturated rings. The lowest BCUT2D eigenvalue weighted by Crippen LogP contribution is -2.02.